The summed E-state index contributed by atoms with van der Waals surface area (Å²) in [4.78, 5) is 17.2. The minimum atomic E-state index is 0.0521. The molecule has 152 valence electrons. The molecule has 1 amide bonds. The second-order valence-electron chi connectivity index (χ2n) is 7.61. The number of carbonyl (C=O) groups is 1. The number of hydrogen-bond acceptors (Lipinski definition) is 2. The van der Waals surface area contributed by atoms with Crippen LogP contribution in [0.25, 0.3) is 11.0 Å². The molecule has 30 heavy (non-hydrogen) atoms. The Bertz CT molecular complexity index is 1130. The molecular weight excluding hydrogens is 370 g/mol. The fraction of sp³-hybridized carbons (Fsp3) is 0.231. The van der Waals surface area contributed by atoms with Crippen LogP contribution in [-0.4, -0.2) is 22.0 Å². The molecule has 0 atom stereocenters. The lowest BCUT2D eigenvalue weighted by Gasteiger charge is -2.11. The Hall–Kier alpha value is -3.40. The number of nitrogens with zero attached hydrogens (tertiary/aromatic N) is 2. The summed E-state index contributed by atoms with van der Waals surface area (Å²) in [6.07, 6.45) is 2.08. The fourth-order valence-electron chi connectivity index (χ4n) is 3.81. The van der Waals surface area contributed by atoms with Gasteiger partial charge >= 0.3 is 0 Å². The lowest BCUT2D eigenvalue weighted by Crippen LogP contribution is -2.28. The van der Waals surface area contributed by atoms with Crippen LogP contribution in [0.5, 0.6) is 0 Å². The molecule has 0 aliphatic rings. The molecule has 1 N–H and O–H groups in total. The highest BCUT2D eigenvalue weighted by Gasteiger charge is 2.11. The summed E-state index contributed by atoms with van der Waals surface area (Å²) in [5.74, 6) is 1.07. The van der Waals surface area contributed by atoms with E-state index >= 15 is 0 Å². The van der Waals surface area contributed by atoms with Crippen molar-refractivity contribution in [2.75, 3.05) is 6.54 Å². The number of aromatic nitrogens is 2. The van der Waals surface area contributed by atoms with Crippen molar-refractivity contribution in [3.8, 4) is 0 Å². The third kappa shape index (κ3) is 4.77. The second-order valence-corrected chi connectivity index (χ2v) is 7.61. The number of fused-ring (bicyclic) bond motifs is 1. The van der Waals surface area contributed by atoms with Gasteiger partial charge in [-0.15, -0.1) is 0 Å². The zero-order valence-electron chi connectivity index (χ0n) is 17.3. The normalized spacial score (nSPS) is 11.0. The fourth-order valence-corrected chi connectivity index (χ4v) is 3.81. The maximum absolute atomic E-state index is 12.4. The molecule has 0 unspecified atom stereocenters. The highest BCUT2D eigenvalue weighted by molar-refractivity contribution is 5.79. The minimum absolute atomic E-state index is 0.0521. The van der Waals surface area contributed by atoms with Gasteiger partial charge in [-0.25, -0.2) is 4.98 Å². The summed E-state index contributed by atoms with van der Waals surface area (Å²) < 4.78 is 2.29. The molecule has 0 aliphatic carbocycles. The molecule has 4 nitrogen and oxygen atoms in total. The van der Waals surface area contributed by atoms with E-state index < -0.39 is 0 Å². The van der Waals surface area contributed by atoms with E-state index in [1.807, 2.05) is 43.3 Å². The van der Waals surface area contributed by atoms with Crippen molar-refractivity contribution in [3.05, 3.63) is 101 Å². The topological polar surface area (TPSA) is 46.9 Å². The van der Waals surface area contributed by atoms with Crippen LogP contribution in [0.2, 0.25) is 0 Å². The second kappa shape index (κ2) is 9.40. The van der Waals surface area contributed by atoms with Crippen LogP contribution in [0.4, 0.5) is 0 Å². The smallest absolute Gasteiger partial charge is 0.224 e. The Morgan fingerprint density at radius 1 is 0.900 bits per heavy atom. The van der Waals surface area contributed by atoms with E-state index in [-0.39, 0.29) is 5.91 Å². The third-order valence-electron chi connectivity index (χ3n) is 5.48. The molecule has 3 aromatic carbocycles. The van der Waals surface area contributed by atoms with E-state index in [1.165, 1.54) is 5.56 Å². The van der Waals surface area contributed by atoms with Crippen molar-refractivity contribution in [2.24, 2.45) is 0 Å². The van der Waals surface area contributed by atoms with Gasteiger partial charge in [0.05, 0.1) is 17.5 Å². The van der Waals surface area contributed by atoms with Gasteiger partial charge in [-0.3, -0.25) is 4.79 Å². The highest BCUT2D eigenvalue weighted by Crippen LogP contribution is 2.17. The van der Waals surface area contributed by atoms with Gasteiger partial charge in [0.2, 0.25) is 5.91 Å². The molecule has 1 aromatic heterocycles. The van der Waals surface area contributed by atoms with Crippen LogP contribution in [0.1, 0.15) is 22.5 Å². The maximum Gasteiger partial charge on any atom is 0.224 e. The molecule has 1 heterocycles. The summed E-state index contributed by atoms with van der Waals surface area (Å²) in [6, 6.07) is 26.8. The van der Waals surface area contributed by atoms with Gasteiger partial charge in [0.15, 0.2) is 0 Å². The summed E-state index contributed by atoms with van der Waals surface area (Å²) in [6.45, 7) is 3.49. The first-order valence-corrected chi connectivity index (χ1v) is 10.5. The number of imidazole rings is 1. The first-order valence-electron chi connectivity index (χ1n) is 10.5. The Balaban J connectivity index is 1.42. The van der Waals surface area contributed by atoms with Crippen molar-refractivity contribution in [1.82, 2.24) is 14.9 Å². The zero-order chi connectivity index (χ0) is 20.8. The maximum atomic E-state index is 12.4. The number of aryl methyl sites for hydroxylation is 3. The van der Waals surface area contributed by atoms with Crippen LogP contribution in [0, 0.1) is 6.92 Å². The largest absolute Gasteiger partial charge is 0.355 e. The van der Waals surface area contributed by atoms with Gasteiger partial charge in [0, 0.05) is 19.5 Å². The number of carbonyl (C=O) groups excluding carboxylic acids is 1. The number of para-hydroxylation sites is 2. The predicted octanol–water partition coefficient (Wildman–Crippen LogP) is 4.49. The standard InChI is InChI=1S/C26H27N3O/c1-20-9-5-6-12-22(20)19-26(30)27-17-15-25-28-23-13-7-8-14-24(23)29(25)18-16-21-10-3-2-4-11-21/h2-14H,15-19H2,1H3,(H,27,30). The van der Waals surface area contributed by atoms with Crippen LogP contribution in [-0.2, 0) is 30.6 Å². The molecule has 0 aliphatic heterocycles. The molecule has 0 saturated heterocycles. The summed E-state index contributed by atoms with van der Waals surface area (Å²) in [7, 11) is 0. The van der Waals surface area contributed by atoms with Crippen molar-refractivity contribution < 1.29 is 4.79 Å². The van der Waals surface area contributed by atoms with Gasteiger partial charge in [0.25, 0.3) is 0 Å². The summed E-state index contributed by atoms with van der Waals surface area (Å²) in [5, 5.41) is 3.06. The van der Waals surface area contributed by atoms with Crippen molar-refractivity contribution >= 4 is 16.9 Å². The van der Waals surface area contributed by atoms with Crippen molar-refractivity contribution in [3.63, 3.8) is 0 Å². The molecular formula is C26H27N3O. The highest BCUT2D eigenvalue weighted by atomic mass is 16.1. The third-order valence-corrected chi connectivity index (χ3v) is 5.48. The molecule has 0 radical (unpaired) electrons. The van der Waals surface area contributed by atoms with Crippen molar-refractivity contribution in [1.29, 1.82) is 0 Å². The van der Waals surface area contributed by atoms with Crippen molar-refractivity contribution in [2.45, 2.75) is 32.7 Å². The average Bonchev–Trinajstić information content (AvgIpc) is 3.12. The quantitative estimate of drug-likeness (QED) is 0.476. The number of rotatable bonds is 8. The van der Waals surface area contributed by atoms with Gasteiger partial charge in [-0.2, -0.15) is 0 Å². The molecule has 0 fully saturated rings. The number of benzene rings is 3. The monoisotopic (exact) mass is 397 g/mol. The van der Waals surface area contributed by atoms with Crippen LogP contribution >= 0.6 is 0 Å². The molecule has 4 aromatic rings. The Labute approximate surface area is 177 Å². The van der Waals surface area contributed by atoms with E-state index in [2.05, 4.69) is 52.3 Å². The average molecular weight is 398 g/mol. The predicted molar refractivity (Wildman–Crippen MR) is 121 cm³/mol. The van der Waals surface area contributed by atoms with E-state index in [1.54, 1.807) is 0 Å². The SMILES string of the molecule is Cc1ccccc1CC(=O)NCCc1nc2ccccc2n1CCc1ccccc1. The molecule has 4 heteroatoms. The number of nitrogens with one attached hydrogen (secondary N) is 1. The Kier molecular flexibility index (Phi) is 6.23. The lowest BCUT2D eigenvalue weighted by molar-refractivity contribution is -0.120. The zero-order valence-corrected chi connectivity index (χ0v) is 17.3. The van der Waals surface area contributed by atoms with E-state index in [0.29, 0.717) is 19.4 Å². The van der Waals surface area contributed by atoms with E-state index in [0.717, 1.165) is 41.0 Å². The van der Waals surface area contributed by atoms with Gasteiger partial charge < -0.3 is 9.88 Å². The molecule has 4 rings (SSSR count). The van der Waals surface area contributed by atoms with Gasteiger partial charge in [0.1, 0.15) is 5.82 Å². The van der Waals surface area contributed by atoms with Crippen LogP contribution in [0.15, 0.2) is 78.9 Å². The molecule has 0 saturated carbocycles. The first kappa shape index (κ1) is 19.9. The minimum Gasteiger partial charge on any atom is -0.355 e. The summed E-state index contributed by atoms with van der Waals surface area (Å²) in [5.41, 5.74) is 5.69. The number of hydrogen-bond donors (Lipinski definition) is 1. The van der Waals surface area contributed by atoms with E-state index in [4.69, 9.17) is 4.98 Å². The molecule has 0 spiro atoms. The van der Waals surface area contributed by atoms with Gasteiger partial charge in [-0.1, -0.05) is 66.7 Å². The molecule has 0 bridgehead atoms. The summed E-state index contributed by atoms with van der Waals surface area (Å²) >= 11 is 0. The van der Waals surface area contributed by atoms with E-state index in [9.17, 15) is 4.79 Å². The van der Waals surface area contributed by atoms with Gasteiger partial charge in [-0.05, 0) is 42.2 Å². The Morgan fingerprint density at radius 2 is 1.63 bits per heavy atom. The number of amides is 1. The Morgan fingerprint density at radius 3 is 2.47 bits per heavy atom. The lowest BCUT2D eigenvalue weighted by atomic mass is 10.1. The van der Waals surface area contributed by atoms with Crippen LogP contribution < -0.4 is 5.32 Å². The first-order chi connectivity index (χ1) is 14.7. The van der Waals surface area contributed by atoms with Crippen LogP contribution in [0.3, 0.4) is 0 Å².